The molecule has 1 atom stereocenters. The summed E-state index contributed by atoms with van der Waals surface area (Å²) in [6, 6.07) is 2.81. The Labute approximate surface area is 111 Å². The monoisotopic (exact) mass is 275 g/mol. The van der Waals surface area contributed by atoms with Crippen molar-refractivity contribution in [1.82, 2.24) is 4.90 Å². The molecule has 0 radical (unpaired) electrons. The SMILES string of the molecule is CC(C(=O)Nc1c(N)cc(Cl)cc1Cl)N(C)C. The van der Waals surface area contributed by atoms with E-state index in [4.69, 9.17) is 28.9 Å². The summed E-state index contributed by atoms with van der Waals surface area (Å²) in [5, 5.41) is 3.45. The van der Waals surface area contributed by atoms with Gasteiger partial charge in [0, 0.05) is 5.02 Å². The molecule has 6 heteroatoms. The lowest BCUT2D eigenvalue weighted by Gasteiger charge is -2.20. The Hall–Kier alpha value is -0.970. The van der Waals surface area contributed by atoms with Crippen molar-refractivity contribution in [3.8, 4) is 0 Å². The van der Waals surface area contributed by atoms with E-state index in [1.54, 1.807) is 17.9 Å². The lowest BCUT2D eigenvalue weighted by Crippen LogP contribution is -2.37. The van der Waals surface area contributed by atoms with Gasteiger partial charge in [-0.3, -0.25) is 9.69 Å². The first kappa shape index (κ1) is 14.1. The molecule has 0 saturated carbocycles. The highest BCUT2D eigenvalue weighted by molar-refractivity contribution is 6.37. The summed E-state index contributed by atoms with van der Waals surface area (Å²) in [5.41, 5.74) is 6.50. The van der Waals surface area contributed by atoms with Crippen LogP contribution in [-0.2, 0) is 4.79 Å². The summed E-state index contributed by atoms with van der Waals surface area (Å²) >= 11 is 11.8. The van der Waals surface area contributed by atoms with Crippen molar-refractivity contribution in [1.29, 1.82) is 0 Å². The molecule has 0 saturated heterocycles. The number of anilines is 2. The first-order chi connectivity index (χ1) is 7.82. The van der Waals surface area contributed by atoms with Gasteiger partial charge in [-0.2, -0.15) is 0 Å². The average Bonchev–Trinajstić information content (AvgIpc) is 2.21. The van der Waals surface area contributed by atoms with Gasteiger partial charge < -0.3 is 11.1 Å². The highest BCUT2D eigenvalue weighted by Gasteiger charge is 2.17. The van der Waals surface area contributed by atoms with Crippen LogP contribution < -0.4 is 11.1 Å². The van der Waals surface area contributed by atoms with Gasteiger partial charge in [-0.05, 0) is 33.2 Å². The molecule has 0 heterocycles. The quantitative estimate of drug-likeness (QED) is 0.834. The van der Waals surface area contributed by atoms with Gasteiger partial charge in [-0.25, -0.2) is 0 Å². The smallest absolute Gasteiger partial charge is 0.241 e. The second kappa shape index (κ2) is 5.58. The fourth-order valence-corrected chi connectivity index (χ4v) is 1.74. The maximum atomic E-state index is 11.8. The number of nitrogens with one attached hydrogen (secondary N) is 1. The van der Waals surface area contributed by atoms with Crippen LogP contribution in [0.3, 0.4) is 0 Å². The number of hydrogen-bond acceptors (Lipinski definition) is 3. The molecule has 1 aromatic rings. The van der Waals surface area contributed by atoms with Crippen LogP contribution in [0, 0.1) is 0 Å². The number of carbonyl (C=O) groups excluding carboxylic acids is 1. The van der Waals surface area contributed by atoms with Crippen molar-refractivity contribution in [3.63, 3.8) is 0 Å². The summed E-state index contributed by atoms with van der Waals surface area (Å²) in [6.07, 6.45) is 0. The van der Waals surface area contributed by atoms with Gasteiger partial charge in [0.2, 0.25) is 5.91 Å². The van der Waals surface area contributed by atoms with E-state index < -0.39 is 0 Å². The molecule has 0 spiro atoms. The molecule has 1 amide bonds. The van der Waals surface area contributed by atoms with Crippen LogP contribution in [0.2, 0.25) is 10.0 Å². The van der Waals surface area contributed by atoms with Gasteiger partial charge in [0.25, 0.3) is 0 Å². The molecule has 1 unspecified atom stereocenters. The lowest BCUT2D eigenvalue weighted by atomic mass is 10.2. The second-order valence-electron chi connectivity index (χ2n) is 3.98. The zero-order chi connectivity index (χ0) is 13.2. The molecule has 0 aliphatic rings. The number of hydrogen-bond donors (Lipinski definition) is 2. The number of nitrogens with zero attached hydrogens (tertiary/aromatic N) is 1. The second-order valence-corrected chi connectivity index (χ2v) is 4.82. The number of amides is 1. The summed E-state index contributed by atoms with van der Waals surface area (Å²) in [7, 11) is 3.63. The molecular weight excluding hydrogens is 261 g/mol. The molecule has 0 aliphatic carbocycles. The molecule has 17 heavy (non-hydrogen) atoms. The Morgan fingerprint density at radius 3 is 2.47 bits per heavy atom. The minimum Gasteiger partial charge on any atom is -0.397 e. The minimum atomic E-state index is -0.277. The highest BCUT2D eigenvalue weighted by Crippen LogP contribution is 2.32. The van der Waals surface area contributed by atoms with Crippen LogP contribution in [-0.4, -0.2) is 30.9 Å². The number of likely N-dealkylation sites (N-methyl/N-ethyl adjacent to an activating group) is 1. The molecule has 3 N–H and O–H groups in total. The summed E-state index contributed by atoms with van der Waals surface area (Å²) < 4.78 is 0. The molecule has 1 aromatic carbocycles. The van der Waals surface area contributed by atoms with E-state index in [0.717, 1.165) is 0 Å². The largest absolute Gasteiger partial charge is 0.397 e. The van der Waals surface area contributed by atoms with Crippen molar-refractivity contribution >= 4 is 40.5 Å². The van der Waals surface area contributed by atoms with Gasteiger partial charge >= 0.3 is 0 Å². The Morgan fingerprint density at radius 1 is 1.41 bits per heavy atom. The van der Waals surface area contributed by atoms with Crippen molar-refractivity contribution in [3.05, 3.63) is 22.2 Å². The molecule has 0 aliphatic heterocycles. The number of rotatable bonds is 3. The molecule has 4 nitrogen and oxygen atoms in total. The van der Waals surface area contributed by atoms with E-state index in [0.29, 0.717) is 21.4 Å². The van der Waals surface area contributed by atoms with Gasteiger partial charge in [0.15, 0.2) is 0 Å². The van der Waals surface area contributed by atoms with Gasteiger partial charge in [0.1, 0.15) is 0 Å². The van der Waals surface area contributed by atoms with Crippen molar-refractivity contribution < 1.29 is 4.79 Å². The highest BCUT2D eigenvalue weighted by atomic mass is 35.5. The van der Waals surface area contributed by atoms with E-state index in [1.807, 2.05) is 14.1 Å². The third kappa shape index (κ3) is 3.49. The maximum Gasteiger partial charge on any atom is 0.241 e. The van der Waals surface area contributed by atoms with Crippen molar-refractivity contribution in [2.24, 2.45) is 0 Å². The summed E-state index contributed by atoms with van der Waals surface area (Å²) in [6.45, 7) is 1.79. The molecule has 0 bridgehead atoms. The fourth-order valence-electron chi connectivity index (χ4n) is 1.19. The number of halogens is 2. The van der Waals surface area contributed by atoms with E-state index in [2.05, 4.69) is 5.32 Å². The molecular formula is C11H15Cl2N3O. The van der Waals surface area contributed by atoms with Gasteiger partial charge in [-0.1, -0.05) is 23.2 Å². The summed E-state index contributed by atoms with van der Waals surface area (Å²) in [5.74, 6) is -0.175. The lowest BCUT2D eigenvalue weighted by molar-refractivity contribution is -0.119. The molecule has 94 valence electrons. The van der Waals surface area contributed by atoms with Crippen LogP contribution >= 0.6 is 23.2 Å². The van der Waals surface area contributed by atoms with Crippen LogP contribution in [0.15, 0.2) is 12.1 Å². The van der Waals surface area contributed by atoms with Crippen LogP contribution in [0.1, 0.15) is 6.92 Å². The number of nitrogens with two attached hydrogens (primary N) is 1. The zero-order valence-corrected chi connectivity index (χ0v) is 11.4. The number of benzene rings is 1. The molecule has 0 fully saturated rings. The predicted octanol–water partition coefficient (Wildman–Crippen LogP) is 2.46. The average molecular weight is 276 g/mol. The Balaban J connectivity index is 2.93. The van der Waals surface area contributed by atoms with Crippen molar-refractivity contribution in [2.45, 2.75) is 13.0 Å². The van der Waals surface area contributed by atoms with Gasteiger partial charge in [0.05, 0.1) is 22.4 Å². The first-order valence-corrected chi connectivity index (χ1v) is 5.80. The third-order valence-corrected chi connectivity index (χ3v) is 3.00. The fraction of sp³-hybridized carbons (Fsp3) is 0.364. The van der Waals surface area contributed by atoms with Crippen molar-refractivity contribution in [2.75, 3.05) is 25.1 Å². The normalized spacial score (nSPS) is 12.6. The third-order valence-electron chi connectivity index (χ3n) is 2.49. The zero-order valence-electron chi connectivity index (χ0n) is 9.92. The van der Waals surface area contributed by atoms with Gasteiger partial charge in [-0.15, -0.1) is 0 Å². The van der Waals surface area contributed by atoms with Crippen LogP contribution in [0.5, 0.6) is 0 Å². The van der Waals surface area contributed by atoms with E-state index >= 15 is 0 Å². The molecule has 1 rings (SSSR count). The Morgan fingerprint density at radius 2 is 2.00 bits per heavy atom. The summed E-state index contributed by atoms with van der Waals surface area (Å²) in [4.78, 5) is 13.6. The topological polar surface area (TPSA) is 58.4 Å². The van der Waals surface area contributed by atoms with E-state index in [9.17, 15) is 4.79 Å². The minimum absolute atomic E-state index is 0.175. The predicted molar refractivity (Wildman–Crippen MR) is 72.7 cm³/mol. The Kier molecular flexibility index (Phi) is 4.62. The number of carbonyl (C=O) groups is 1. The van der Waals surface area contributed by atoms with E-state index in [1.165, 1.54) is 6.07 Å². The van der Waals surface area contributed by atoms with Crippen LogP contribution in [0.25, 0.3) is 0 Å². The van der Waals surface area contributed by atoms with E-state index in [-0.39, 0.29) is 11.9 Å². The Bertz CT molecular complexity index is 412. The standard InChI is InChI=1S/C11H15Cl2N3O/c1-6(16(2)3)11(17)15-10-8(13)4-7(12)5-9(10)14/h4-6H,14H2,1-3H3,(H,15,17). The number of nitrogen functional groups attached to an aromatic ring is 1. The maximum absolute atomic E-state index is 11.8. The first-order valence-electron chi connectivity index (χ1n) is 5.04. The van der Waals surface area contributed by atoms with Crippen LogP contribution in [0.4, 0.5) is 11.4 Å². The molecule has 0 aromatic heterocycles.